The van der Waals surface area contributed by atoms with E-state index in [1.54, 1.807) is 24.3 Å². The fraction of sp³-hybridized carbons (Fsp3) is 0.263. The Hall–Kier alpha value is -2.82. The van der Waals surface area contributed by atoms with Gasteiger partial charge >= 0.3 is 5.97 Å². The molecule has 1 atom stereocenters. The summed E-state index contributed by atoms with van der Waals surface area (Å²) < 4.78 is 10.5. The van der Waals surface area contributed by atoms with Gasteiger partial charge in [-0.1, -0.05) is 25.1 Å². The number of amides is 1. The van der Waals surface area contributed by atoms with Crippen LogP contribution in [0.5, 0.6) is 5.75 Å². The number of hydrogen-bond acceptors (Lipinski definition) is 4. The van der Waals surface area contributed by atoms with Crippen LogP contribution in [0.1, 0.15) is 29.3 Å². The highest BCUT2D eigenvalue weighted by atomic mass is 16.5. The van der Waals surface area contributed by atoms with Crippen molar-refractivity contribution in [3.63, 3.8) is 0 Å². The summed E-state index contributed by atoms with van der Waals surface area (Å²) in [6.07, 6.45) is -0.0492. The van der Waals surface area contributed by atoms with E-state index in [-0.39, 0.29) is 5.91 Å². The van der Waals surface area contributed by atoms with E-state index in [0.29, 0.717) is 23.4 Å². The van der Waals surface area contributed by atoms with Gasteiger partial charge in [0.05, 0.1) is 12.7 Å². The zero-order valence-electron chi connectivity index (χ0n) is 14.0. The minimum atomic E-state index is -0.591. The summed E-state index contributed by atoms with van der Waals surface area (Å²) >= 11 is 0. The molecule has 2 aromatic carbocycles. The Balaban J connectivity index is 2.04. The quantitative estimate of drug-likeness (QED) is 0.824. The summed E-state index contributed by atoms with van der Waals surface area (Å²) in [6.45, 7) is 3.83. The standard InChI is InChI=1S/C19H21NO4/c1-4-16(24-17-8-6-5-7-13(17)2)18(21)20-15-11-9-14(10-12-15)19(22)23-3/h5-12,16H,4H2,1-3H3,(H,20,21). The van der Waals surface area contributed by atoms with Crippen molar-refractivity contribution < 1.29 is 19.1 Å². The molecule has 0 aliphatic heterocycles. The van der Waals surface area contributed by atoms with E-state index in [4.69, 9.17) is 4.74 Å². The Morgan fingerprint density at radius 1 is 1.08 bits per heavy atom. The topological polar surface area (TPSA) is 64.6 Å². The largest absolute Gasteiger partial charge is 0.480 e. The molecular weight excluding hydrogens is 306 g/mol. The summed E-state index contributed by atoms with van der Waals surface area (Å²) in [5.74, 6) is 0.0503. The molecule has 0 aliphatic carbocycles. The van der Waals surface area contributed by atoms with Gasteiger partial charge in [-0.15, -0.1) is 0 Å². The van der Waals surface area contributed by atoms with Gasteiger partial charge in [0.15, 0.2) is 6.10 Å². The fourth-order valence-corrected chi connectivity index (χ4v) is 2.19. The van der Waals surface area contributed by atoms with Gasteiger partial charge in [0.1, 0.15) is 5.75 Å². The minimum Gasteiger partial charge on any atom is -0.480 e. The first kappa shape index (κ1) is 17.5. The number of para-hydroxylation sites is 1. The molecule has 0 aromatic heterocycles. The van der Waals surface area contributed by atoms with Crippen LogP contribution in [0, 0.1) is 6.92 Å². The lowest BCUT2D eigenvalue weighted by Gasteiger charge is -2.18. The molecule has 2 aromatic rings. The zero-order chi connectivity index (χ0) is 17.5. The van der Waals surface area contributed by atoms with Crippen molar-refractivity contribution in [2.45, 2.75) is 26.4 Å². The van der Waals surface area contributed by atoms with Gasteiger partial charge in [-0.05, 0) is 49.2 Å². The second-order valence-electron chi connectivity index (χ2n) is 5.34. The Morgan fingerprint density at radius 3 is 2.33 bits per heavy atom. The van der Waals surface area contributed by atoms with Crippen LogP contribution in [0.4, 0.5) is 5.69 Å². The van der Waals surface area contributed by atoms with E-state index in [1.807, 2.05) is 38.1 Å². The number of hydrogen-bond donors (Lipinski definition) is 1. The van der Waals surface area contributed by atoms with Crippen molar-refractivity contribution in [2.24, 2.45) is 0 Å². The van der Waals surface area contributed by atoms with Gasteiger partial charge in [-0.3, -0.25) is 4.79 Å². The molecule has 0 saturated carbocycles. The lowest BCUT2D eigenvalue weighted by atomic mass is 10.2. The van der Waals surface area contributed by atoms with Crippen LogP contribution in [-0.4, -0.2) is 25.1 Å². The maximum atomic E-state index is 12.4. The number of nitrogens with one attached hydrogen (secondary N) is 1. The van der Waals surface area contributed by atoms with Crippen LogP contribution in [0.2, 0.25) is 0 Å². The van der Waals surface area contributed by atoms with E-state index in [0.717, 1.165) is 5.56 Å². The molecule has 5 nitrogen and oxygen atoms in total. The first-order chi connectivity index (χ1) is 11.5. The van der Waals surface area contributed by atoms with Crippen LogP contribution in [0.25, 0.3) is 0 Å². The Kier molecular flexibility index (Phi) is 5.95. The van der Waals surface area contributed by atoms with Gasteiger partial charge < -0.3 is 14.8 Å². The highest BCUT2D eigenvalue weighted by molar-refractivity contribution is 5.95. The summed E-state index contributed by atoms with van der Waals surface area (Å²) in [5, 5.41) is 2.80. The second-order valence-corrected chi connectivity index (χ2v) is 5.34. The molecule has 5 heteroatoms. The molecule has 1 amide bonds. The molecule has 0 radical (unpaired) electrons. The maximum absolute atomic E-state index is 12.4. The molecule has 126 valence electrons. The van der Waals surface area contributed by atoms with Crippen molar-refractivity contribution in [3.05, 3.63) is 59.7 Å². The molecule has 0 aliphatic rings. The molecule has 1 N–H and O–H groups in total. The Morgan fingerprint density at radius 2 is 1.75 bits per heavy atom. The lowest BCUT2D eigenvalue weighted by molar-refractivity contribution is -0.122. The number of methoxy groups -OCH3 is 1. The van der Waals surface area contributed by atoms with Crippen molar-refractivity contribution in [1.82, 2.24) is 0 Å². The number of carbonyl (C=O) groups is 2. The highest BCUT2D eigenvalue weighted by Gasteiger charge is 2.19. The number of rotatable bonds is 6. The van der Waals surface area contributed by atoms with Gasteiger partial charge in [0.2, 0.25) is 0 Å². The lowest BCUT2D eigenvalue weighted by Crippen LogP contribution is -2.32. The van der Waals surface area contributed by atoms with E-state index in [9.17, 15) is 9.59 Å². The Labute approximate surface area is 141 Å². The first-order valence-corrected chi connectivity index (χ1v) is 7.76. The summed E-state index contributed by atoms with van der Waals surface area (Å²) in [4.78, 5) is 23.8. The average molecular weight is 327 g/mol. The van der Waals surface area contributed by atoms with E-state index in [1.165, 1.54) is 7.11 Å². The van der Waals surface area contributed by atoms with Crippen molar-refractivity contribution in [3.8, 4) is 5.75 Å². The SMILES string of the molecule is CCC(Oc1ccccc1C)C(=O)Nc1ccc(C(=O)OC)cc1. The van der Waals surface area contributed by atoms with E-state index < -0.39 is 12.1 Å². The van der Waals surface area contributed by atoms with Gasteiger partial charge in [-0.25, -0.2) is 4.79 Å². The molecule has 24 heavy (non-hydrogen) atoms. The Bertz CT molecular complexity index is 710. The highest BCUT2D eigenvalue weighted by Crippen LogP contribution is 2.20. The van der Waals surface area contributed by atoms with Crippen LogP contribution in [-0.2, 0) is 9.53 Å². The monoisotopic (exact) mass is 327 g/mol. The number of benzene rings is 2. The summed E-state index contributed by atoms with van der Waals surface area (Å²) in [5.41, 5.74) is 2.00. The molecule has 0 bridgehead atoms. The number of esters is 1. The number of ether oxygens (including phenoxy) is 2. The number of anilines is 1. The molecule has 0 fully saturated rings. The zero-order valence-corrected chi connectivity index (χ0v) is 14.0. The normalized spacial score (nSPS) is 11.5. The predicted octanol–water partition coefficient (Wildman–Crippen LogP) is 3.58. The van der Waals surface area contributed by atoms with E-state index >= 15 is 0 Å². The number of aryl methyl sites for hydroxylation is 1. The molecule has 0 spiro atoms. The van der Waals surface area contributed by atoms with Crippen LogP contribution >= 0.6 is 0 Å². The maximum Gasteiger partial charge on any atom is 0.337 e. The average Bonchev–Trinajstić information content (AvgIpc) is 2.61. The molecular formula is C19H21NO4. The van der Waals surface area contributed by atoms with E-state index in [2.05, 4.69) is 10.1 Å². The van der Waals surface area contributed by atoms with Crippen LogP contribution < -0.4 is 10.1 Å². The number of carbonyl (C=O) groups excluding carboxylic acids is 2. The fourth-order valence-electron chi connectivity index (χ4n) is 2.19. The molecule has 0 saturated heterocycles. The minimum absolute atomic E-state index is 0.230. The molecule has 2 rings (SSSR count). The smallest absolute Gasteiger partial charge is 0.337 e. The first-order valence-electron chi connectivity index (χ1n) is 7.76. The van der Waals surface area contributed by atoms with Gasteiger partial charge in [0.25, 0.3) is 5.91 Å². The third-order valence-electron chi connectivity index (χ3n) is 3.60. The molecule has 0 heterocycles. The third kappa shape index (κ3) is 4.35. The van der Waals surface area contributed by atoms with Crippen LogP contribution in [0.3, 0.4) is 0 Å². The van der Waals surface area contributed by atoms with Gasteiger partial charge in [-0.2, -0.15) is 0 Å². The van der Waals surface area contributed by atoms with Gasteiger partial charge in [0, 0.05) is 5.69 Å². The third-order valence-corrected chi connectivity index (χ3v) is 3.60. The van der Waals surface area contributed by atoms with Crippen LogP contribution in [0.15, 0.2) is 48.5 Å². The summed E-state index contributed by atoms with van der Waals surface area (Å²) in [6, 6.07) is 14.1. The van der Waals surface area contributed by atoms with Crippen molar-refractivity contribution >= 4 is 17.6 Å². The van der Waals surface area contributed by atoms with Crippen molar-refractivity contribution in [2.75, 3.05) is 12.4 Å². The molecule has 1 unspecified atom stereocenters. The summed E-state index contributed by atoms with van der Waals surface area (Å²) in [7, 11) is 1.33. The van der Waals surface area contributed by atoms with Crippen molar-refractivity contribution in [1.29, 1.82) is 0 Å². The predicted molar refractivity (Wildman–Crippen MR) is 92.3 cm³/mol. The second kappa shape index (κ2) is 8.15.